The summed E-state index contributed by atoms with van der Waals surface area (Å²) in [5.41, 5.74) is 1.22. The molecule has 0 atom stereocenters. The smallest absolute Gasteiger partial charge is 0.266 e. The van der Waals surface area contributed by atoms with Crippen molar-refractivity contribution < 1.29 is 14.3 Å². The van der Waals surface area contributed by atoms with Crippen LogP contribution in [0.3, 0.4) is 0 Å². The molecule has 0 aliphatic rings. The summed E-state index contributed by atoms with van der Waals surface area (Å²) in [7, 11) is 1.52. The van der Waals surface area contributed by atoms with Gasteiger partial charge in [-0.1, -0.05) is 36.9 Å². The minimum absolute atomic E-state index is 0.00864. The number of nitriles is 1. The predicted octanol–water partition coefficient (Wildman–Crippen LogP) is 3.81. The zero-order chi connectivity index (χ0) is 18.1. The largest absolute Gasteiger partial charge is 0.495 e. The van der Waals surface area contributed by atoms with Crippen molar-refractivity contribution in [2.75, 3.05) is 19.0 Å². The molecule has 5 heteroatoms. The van der Waals surface area contributed by atoms with Gasteiger partial charge in [-0.15, -0.1) is 0 Å². The van der Waals surface area contributed by atoms with Crippen LogP contribution >= 0.6 is 0 Å². The van der Waals surface area contributed by atoms with Gasteiger partial charge in [0.15, 0.2) is 0 Å². The monoisotopic (exact) mass is 334 g/mol. The van der Waals surface area contributed by atoms with Crippen LogP contribution in [0.2, 0.25) is 0 Å². The molecular formula is C20H18N2O3. The first-order valence-corrected chi connectivity index (χ1v) is 7.58. The Morgan fingerprint density at radius 3 is 2.60 bits per heavy atom. The molecule has 0 saturated heterocycles. The molecule has 5 nitrogen and oxygen atoms in total. The molecule has 0 bridgehead atoms. The molecule has 0 aliphatic carbocycles. The van der Waals surface area contributed by atoms with Gasteiger partial charge < -0.3 is 14.8 Å². The van der Waals surface area contributed by atoms with E-state index in [1.807, 2.05) is 6.07 Å². The zero-order valence-electron chi connectivity index (χ0n) is 13.9. The molecule has 0 unspecified atom stereocenters. The molecule has 2 aromatic carbocycles. The van der Waals surface area contributed by atoms with Gasteiger partial charge in [0, 0.05) is 0 Å². The number of amides is 1. The second-order valence-corrected chi connectivity index (χ2v) is 4.99. The van der Waals surface area contributed by atoms with Crippen LogP contribution in [-0.4, -0.2) is 19.6 Å². The number of hydrogen-bond donors (Lipinski definition) is 1. The fourth-order valence-electron chi connectivity index (χ4n) is 2.07. The lowest BCUT2D eigenvalue weighted by atomic mass is 10.1. The van der Waals surface area contributed by atoms with Gasteiger partial charge in [0.2, 0.25) is 0 Å². The van der Waals surface area contributed by atoms with Crippen molar-refractivity contribution in [2.24, 2.45) is 0 Å². The quantitative estimate of drug-likeness (QED) is 0.475. The molecule has 126 valence electrons. The van der Waals surface area contributed by atoms with Crippen molar-refractivity contribution >= 4 is 17.7 Å². The Balaban J connectivity index is 2.15. The third kappa shape index (κ3) is 4.98. The number of carbonyl (C=O) groups excluding carboxylic acids is 1. The molecule has 25 heavy (non-hydrogen) atoms. The van der Waals surface area contributed by atoms with Gasteiger partial charge >= 0.3 is 0 Å². The van der Waals surface area contributed by atoms with Crippen molar-refractivity contribution in [3.05, 3.63) is 72.3 Å². The Hall–Kier alpha value is -3.52. The Bertz CT molecular complexity index is 818. The number of anilines is 1. The summed E-state index contributed by atoms with van der Waals surface area (Å²) < 4.78 is 10.6. The van der Waals surface area contributed by atoms with Crippen LogP contribution in [0, 0.1) is 11.3 Å². The minimum atomic E-state index is -0.501. The Labute approximate surface area is 146 Å². The molecule has 0 radical (unpaired) electrons. The van der Waals surface area contributed by atoms with E-state index >= 15 is 0 Å². The summed E-state index contributed by atoms with van der Waals surface area (Å²) in [6, 6.07) is 16.0. The molecule has 1 N–H and O–H groups in total. The van der Waals surface area contributed by atoms with Gasteiger partial charge in [0.1, 0.15) is 29.7 Å². The van der Waals surface area contributed by atoms with E-state index in [2.05, 4.69) is 11.9 Å². The number of methoxy groups -OCH3 is 1. The lowest BCUT2D eigenvalue weighted by Gasteiger charge is -2.09. The molecule has 1 amide bonds. The first-order chi connectivity index (χ1) is 12.2. The first kappa shape index (κ1) is 17.8. The van der Waals surface area contributed by atoms with E-state index in [4.69, 9.17) is 9.47 Å². The molecular weight excluding hydrogens is 316 g/mol. The Morgan fingerprint density at radius 1 is 1.24 bits per heavy atom. The second kappa shape index (κ2) is 8.94. The van der Waals surface area contributed by atoms with E-state index in [1.54, 1.807) is 54.6 Å². The van der Waals surface area contributed by atoms with E-state index in [0.29, 0.717) is 23.8 Å². The van der Waals surface area contributed by atoms with Crippen molar-refractivity contribution in [1.29, 1.82) is 5.26 Å². The number of ether oxygens (including phenoxy) is 2. The summed E-state index contributed by atoms with van der Waals surface area (Å²) in [6.07, 6.45) is 3.17. The minimum Gasteiger partial charge on any atom is -0.495 e. The SMILES string of the molecule is C=CCOc1ccc(/C=C(\C#N)C(=O)Nc2ccccc2OC)cc1. The molecule has 0 heterocycles. The van der Waals surface area contributed by atoms with E-state index in [0.717, 1.165) is 5.56 Å². The van der Waals surface area contributed by atoms with Crippen molar-refractivity contribution in [3.8, 4) is 17.6 Å². The van der Waals surface area contributed by atoms with Gasteiger partial charge in [-0.2, -0.15) is 5.26 Å². The maximum absolute atomic E-state index is 12.3. The normalized spacial score (nSPS) is 10.5. The van der Waals surface area contributed by atoms with Gasteiger partial charge in [0.05, 0.1) is 12.8 Å². The highest BCUT2D eigenvalue weighted by Gasteiger charge is 2.12. The maximum Gasteiger partial charge on any atom is 0.266 e. The summed E-state index contributed by atoms with van der Waals surface area (Å²) in [5, 5.41) is 12.0. The lowest BCUT2D eigenvalue weighted by Crippen LogP contribution is -2.14. The summed E-state index contributed by atoms with van der Waals surface area (Å²) in [4.78, 5) is 12.3. The fourth-order valence-corrected chi connectivity index (χ4v) is 2.07. The molecule has 0 fully saturated rings. The number of benzene rings is 2. The highest BCUT2D eigenvalue weighted by Crippen LogP contribution is 2.24. The molecule has 2 rings (SSSR count). The van der Waals surface area contributed by atoms with E-state index < -0.39 is 5.91 Å². The number of rotatable bonds is 7. The average molecular weight is 334 g/mol. The zero-order valence-corrected chi connectivity index (χ0v) is 13.9. The Morgan fingerprint density at radius 2 is 1.96 bits per heavy atom. The molecule has 0 spiro atoms. The molecule has 2 aromatic rings. The van der Waals surface area contributed by atoms with Crippen molar-refractivity contribution in [2.45, 2.75) is 0 Å². The third-order valence-electron chi connectivity index (χ3n) is 3.28. The van der Waals surface area contributed by atoms with Gasteiger partial charge in [0.25, 0.3) is 5.91 Å². The van der Waals surface area contributed by atoms with E-state index in [-0.39, 0.29) is 5.57 Å². The highest BCUT2D eigenvalue weighted by atomic mass is 16.5. The summed E-state index contributed by atoms with van der Waals surface area (Å²) in [5.74, 6) is 0.713. The maximum atomic E-state index is 12.3. The number of para-hydroxylation sites is 2. The lowest BCUT2D eigenvalue weighted by molar-refractivity contribution is -0.112. The second-order valence-electron chi connectivity index (χ2n) is 4.99. The number of nitrogens with zero attached hydrogens (tertiary/aromatic N) is 1. The van der Waals surface area contributed by atoms with Crippen LogP contribution in [0.5, 0.6) is 11.5 Å². The van der Waals surface area contributed by atoms with Gasteiger partial charge in [-0.25, -0.2) is 0 Å². The van der Waals surface area contributed by atoms with Crippen LogP contribution in [0.25, 0.3) is 6.08 Å². The van der Waals surface area contributed by atoms with E-state index in [9.17, 15) is 10.1 Å². The number of carbonyl (C=O) groups is 1. The molecule has 0 aromatic heterocycles. The fraction of sp³-hybridized carbons (Fsp3) is 0.100. The molecule has 0 saturated carbocycles. The standard InChI is InChI=1S/C20H18N2O3/c1-3-12-25-17-10-8-15(9-11-17)13-16(14-21)20(23)22-18-6-4-5-7-19(18)24-2/h3-11,13H,1,12H2,2H3,(H,22,23)/b16-13+. The third-order valence-corrected chi connectivity index (χ3v) is 3.28. The van der Waals surface area contributed by atoms with E-state index in [1.165, 1.54) is 13.2 Å². The van der Waals surface area contributed by atoms with Gasteiger partial charge in [-0.05, 0) is 35.9 Å². The first-order valence-electron chi connectivity index (χ1n) is 7.58. The number of hydrogen-bond acceptors (Lipinski definition) is 4. The summed E-state index contributed by atoms with van der Waals surface area (Å²) >= 11 is 0. The van der Waals surface area contributed by atoms with Crippen LogP contribution in [0.15, 0.2) is 66.8 Å². The predicted molar refractivity (Wildman–Crippen MR) is 97.3 cm³/mol. The van der Waals surface area contributed by atoms with Gasteiger partial charge in [-0.3, -0.25) is 4.79 Å². The van der Waals surface area contributed by atoms with Crippen LogP contribution in [0.4, 0.5) is 5.69 Å². The van der Waals surface area contributed by atoms with Crippen LogP contribution < -0.4 is 14.8 Å². The number of nitrogens with one attached hydrogen (secondary N) is 1. The molecule has 0 aliphatic heterocycles. The van der Waals surface area contributed by atoms with Crippen molar-refractivity contribution in [1.82, 2.24) is 0 Å². The average Bonchev–Trinajstić information content (AvgIpc) is 2.65. The highest BCUT2D eigenvalue weighted by molar-refractivity contribution is 6.10. The van der Waals surface area contributed by atoms with Crippen LogP contribution in [0.1, 0.15) is 5.56 Å². The summed E-state index contributed by atoms with van der Waals surface area (Å²) in [6.45, 7) is 4.00. The van der Waals surface area contributed by atoms with Crippen molar-refractivity contribution in [3.63, 3.8) is 0 Å². The topological polar surface area (TPSA) is 71.3 Å². The Kier molecular flexibility index (Phi) is 6.38. The van der Waals surface area contributed by atoms with Crippen LogP contribution in [-0.2, 0) is 4.79 Å².